The topological polar surface area (TPSA) is 74.8 Å². The summed E-state index contributed by atoms with van der Waals surface area (Å²) in [6.45, 7) is 3.11. The predicted molar refractivity (Wildman–Crippen MR) is 219 cm³/mol. The van der Waals surface area contributed by atoms with Gasteiger partial charge in [0.25, 0.3) is 0 Å². The molecule has 0 radical (unpaired) electrons. The summed E-state index contributed by atoms with van der Waals surface area (Å²) in [5.74, 6) is -0.313. The van der Waals surface area contributed by atoms with E-state index in [0.717, 1.165) is 41.5 Å². The summed E-state index contributed by atoms with van der Waals surface area (Å²) in [6.07, 6.45) is 4.45. The molecular formula is C44H44BrF3N2O4S2. The third-order valence-electron chi connectivity index (χ3n) is 9.88. The minimum Gasteiger partial charge on any atom is -0.296 e. The van der Waals surface area contributed by atoms with E-state index in [9.17, 15) is 30.0 Å². The summed E-state index contributed by atoms with van der Waals surface area (Å²) in [6, 6.07) is 33.5. The Balaban J connectivity index is 0.000000198. The fourth-order valence-electron chi connectivity index (χ4n) is 6.98. The number of benzene rings is 5. The molecule has 0 bridgehead atoms. The minimum atomic E-state index is -3.73. The molecular weight excluding hydrogens is 822 g/mol. The zero-order valence-electron chi connectivity index (χ0n) is 30.8. The van der Waals surface area contributed by atoms with Gasteiger partial charge in [-0.25, -0.2) is 30.0 Å². The van der Waals surface area contributed by atoms with E-state index in [4.69, 9.17) is 0 Å². The Kier molecular flexibility index (Phi) is 14.0. The summed E-state index contributed by atoms with van der Waals surface area (Å²) in [7, 11) is -7.32. The van der Waals surface area contributed by atoms with E-state index < -0.39 is 32.0 Å². The number of sulfone groups is 2. The molecule has 2 saturated heterocycles. The van der Waals surface area contributed by atoms with Crippen LogP contribution < -0.4 is 0 Å². The van der Waals surface area contributed by atoms with Gasteiger partial charge >= 0.3 is 0 Å². The van der Waals surface area contributed by atoms with E-state index in [1.165, 1.54) is 6.07 Å². The lowest BCUT2D eigenvalue weighted by Crippen LogP contribution is -2.36. The molecule has 0 N–H and O–H groups in total. The maximum Gasteiger partial charge on any atom is 0.206 e. The molecule has 0 spiro atoms. The van der Waals surface area contributed by atoms with Crippen molar-refractivity contribution in [3.8, 4) is 0 Å². The van der Waals surface area contributed by atoms with E-state index >= 15 is 0 Å². The third-order valence-corrected chi connectivity index (χ3v) is 14.2. The van der Waals surface area contributed by atoms with Gasteiger partial charge in [0.15, 0.2) is 0 Å². The Bertz CT molecular complexity index is 2340. The van der Waals surface area contributed by atoms with Crippen LogP contribution in [0, 0.1) is 5.82 Å². The molecule has 2 aliphatic rings. The molecule has 2 heterocycles. The van der Waals surface area contributed by atoms with Gasteiger partial charge in [-0.1, -0.05) is 94.8 Å². The number of hydrogen-bond donors (Lipinski definition) is 0. The number of alkyl halides is 2. The Morgan fingerprint density at radius 2 is 1.04 bits per heavy atom. The number of rotatable bonds is 10. The van der Waals surface area contributed by atoms with E-state index in [0.29, 0.717) is 55.0 Å². The van der Waals surface area contributed by atoms with Crippen molar-refractivity contribution in [2.75, 3.05) is 26.2 Å². The maximum absolute atomic E-state index is 13.8. The molecule has 5 aromatic rings. The van der Waals surface area contributed by atoms with Crippen molar-refractivity contribution in [1.82, 2.24) is 9.80 Å². The molecule has 0 saturated carbocycles. The highest BCUT2D eigenvalue weighted by atomic mass is 79.9. The summed E-state index contributed by atoms with van der Waals surface area (Å²) < 4.78 is 94.6. The van der Waals surface area contributed by atoms with Gasteiger partial charge in [-0.3, -0.25) is 9.80 Å². The molecule has 2 fully saturated rings. The van der Waals surface area contributed by atoms with Crippen LogP contribution in [-0.2, 0) is 32.8 Å². The van der Waals surface area contributed by atoms with Crippen LogP contribution in [0.4, 0.5) is 13.2 Å². The van der Waals surface area contributed by atoms with Crippen molar-refractivity contribution < 1.29 is 30.0 Å². The maximum atomic E-state index is 13.8. The SMILES string of the molecule is O=S(=O)(c1ccc(Br)cc1)c1ccccc1CN1CCCC(F)C1.O=S(=O)(c1ccc(C=Cc2ccccc2F)cc1)c1ccccc1CN1CCCC(F)C1. The molecule has 2 atom stereocenters. The molecule has 2 unspecified atom stereocenters. The lowest BCUT2D eigenvalue weighted by atomic mass is 10.1. The van der Waals surface area contributed by atoms with Crippen LogP contribution in [0.2, 0.25) is 0 Å². The normalized spacial score (nSPS) is 18.4. The van der Waals surface area contributed by atoms with Crippen LogP contribution in [0.15, 0.2) is 145 Å². The van der Waals surface area contributed by atoms with E-state index in [1.54, 1.807) is 109 Å². The zero-order valence-corrected chi connectivity index (χ0v) is 34.0. The average molecular weight is 866 g/mol. The third kappa shape index (κ3) is 10.7. The molecule has 7 rings (SSSR count). The van der Waals surface area contributed by atoms with Gasteiger partial charge in [-0.2, -0.15) is 0 Å². The average Bonchev–Trinajstić information content (AvgIpc) is 3.19. The van der Waals surface area contributed by atoms with Crippen LogP contribution in [0.3, 0.4) is 0 Å². The standard InChI is InChI=1S/C26H25F2NO2S.C18H19BrFNO2S/c27-23-8-5-17-29(19-23)18-22-7-2-4-10-26(22)32(30,31)24-15-12-20(13-16-24)11-14-21-6-1-3-9-25(21)28;19-15-7-9-17(10-8-15)24(22,23)18-6-2-1-4-14(18)12-21-11-3-5-16(20)13-21/h1-4,6-7,9-16,23H,5,8,17-19H2;1-2,4,6-10,16H,3,5,11-13H2. The molecule has 56 heavy (non-hydrogen) atoms. The smallest absolute Gasteiger partial charge is 0.206 e. The molecule has 12 heteroatoms. The lowest BCUT2D eigenvalue weighted by Gasteiger charge is -2.29. The fraction of sp³-hybridized carbons (Fsp3) is 0.273. The molecule has 0 amide bonds. The number of halogens is 4. The first-order valence-electron chi connectivity index (χ1n) is 18.6. The van der Waals surface area contributed by atoms with Gasteiger partial charge in [0.2, 0.25) is 19.7 Å². The fourth-order valence-corrected chi connectivity index (χ4v) is 10.2. The van der Waals surface area contributed by atoms with E-state index in [2.05, 4.69) is 15.9 Å². The first-order valence-corrected chi connectivity index (χ1v) is 22.3. The summed E-state index contributed by atoms with van der Waals surface area (Å²) >= 11 is 3.32. The van der Waals surface area contributed by atoms with Crippen LogP contribution in [-0.4, -0.2) is 65.2 Å². The van der Waals surface area contributed by atoms with Crippen molar-refractivity contribution in [1.29, 1.82) is 0 Å². The molecule has 2 aliphatic heterocycles. The van der Waals surface area contributed by atoms with Crippen LogP contribution in [0.1, 0.15) is 47.9 Å². The van der Waals surface area contributed by atoms with Crippen molar-refractivity contribution in [2.24, 2.45) is 0 Å². The van der Waals surface area contributed by atoms with E-state index in [1.807, 2.05) is 28.0 Å². The summed E-state index contributed by atoms with van der Waals surface area (Å²) in [5, 5.41) is 0. The quantitative estimate of drug-likeness (QED) is 0.130. The second-order valence-corrected chi connectivity index (χ2v) is 18.8. The Labute approximate surface area is 336 Å². The second-order valence-electron chi connectivity index (χ2n) is 14.0. The lowest BCUT2D eigenvalue weighted by molar-refractivity contribution is 0.132. The van der Waals surface area contributed by atoms with Gasteiger partial charge in [-0.05, 0) is 110 Å². The minimum absolute atomic E-state index is 0.190. The molecule has 294 valence electrons. The Morgan fingerprint density at radius 3 is 1.52 bits per heavy atom. The first-order chi connectivity index (χ1) is 26.9. The molecule has 0 aliphatic carbocycles. The van der Waals surface area contributed by atoms with Gasteiger partial charge in [0.05, 0.1) is 19.6 Å². The predicted octanol–water partition coefficient (Wildman–Crippen LogP) is 9.98. The van der Waals surface area contributed by atoms with Crippen LogP contribution in [0.5, 0.6) is 0 Å². The summed E-state index contributed by atoms with van der Waals surface area (Å²) in [4.78, 5) is 4.96. The number of nitrogens with zero attached hydrogens (tertiary/aromatic N) is 2. The monoisotopic (exact) mass is 864 g/mol. The highest BCUT2D eigenvalue weighted by Crippen LogP contribution is 2.29. The Hall–Kier alpha value is -4.07. The first kappa shape index (κ1) is 41.6. The van der Waals surface area contributed by atoms with Crippen LogP contribution in [0.25, 0.3) is 12.2 Å². The zero-order chi connectivity index (χ0) is 39.7. The molecule has 6 nitrogen and oxygen atoms in total. The largest absolute Gasteiger partial charge is 0.296 e. The van der Waals surface area contributed by atoms with E-state index in [-0.39, 0.29) is 20.5 Å². The Morgan fingerprint density at radius 1 is 0.589 bits per heavy atom. The summed E-state index contributed by atoms with van der Waals surface area (Å²) in [5.41, 5.74) is 2.62. The van der Waals surface area contributed by atoms with Gasteiger partial charge in [0.1, 0.15) is 18.2 Å². The van der Waals surface area contributed by atoms with Gasteiger partial charge in [-0.15, -0.1) is 0 Å². The highest BCUT2D eigenvalue weighted by molar-refractivity contribution is 9.10. The number of hydrogen-bond acceptors (Lipinski definition) is 6. The van der Waals surface area contributed by atoms with Crippen molar-refractivity contribution >= 4 is 47.8 Å². The van der Waals surface area contributed by atoms with Gasteiger partial charge < -0.3 is 0 Å². The van der Waals surface area contributed by atoms with Crippen LogP contribution >= 0.6 is 15.9 Å². The van der Waals surface area contributed by atoms with Crippen molar-refractivity contribution in [3.05, 3.63) is 154 Å². The van der Waals surface area contributed by atoms with Crippen molar-refractivity contribution in [3.63, 3.8) is 0 Å². The number of piperidine rings is 2. The molecule has 5 aromatic carbocycles. The van der Waals surface area contributed by atoms with Gasteiger partial charge in [0, 0.05) is 36.2 Å². The number of likely N-dealkylation sites (tertiary alicyclic amines) is 2. The van der Waals surface area contributed by atoms with Crippen molar-refractivity contribution in [2.45, 2.75) is 70.7 Å². The second kappa shape index (κ2) is 18.9. The molecule has 0 aromatic heterocycles. The highest BCUT2D eigenvalue weighted by Gasteiger charge is 2.26.